The fourth-order valence-electron chi connectivity index (χ4n) is 2.98. The van der Waals surface area contributed by atoms with Crippen LogP contribution < -0.4 is 0 Å². The van der Waals surface area contributed by atoms with E-state index in [9.17, 15) is 15.0 Å². The lowest BCUT2D eigenvalue weighted by Crippen LogP contribution is -2.53. The highest BCUT2D eigenvalue weighted by Crippen LogP contribution is 2.42. The summed E-state index contributed by atoms with van der Waals surface area (Å²) >= 11 is 0. The van der Waals surface area contributed by atoms with Crippen LogP contribution in [0.1, 0.15) is 47.0 Å². The monoisotopic (exact) mass is 228 g/mol. The molecule has 0 bridgehead atoms. The molecule has 0 spiro atoms. The average molecular weight is 228 g/mol. The third-order valence-corrected chi connectivity index (χ3v) is 4.25. The number of hydrogen-bond donors (Lipinski definition) is 2. The smallest absolute Gasteiger partial charge is 0.336 e. The molecule has 1 aliphatic rings. The maximum Gasteiger partial charge on any atom is 0.336 e. The number of carbonyl (C=O) groups is 1. The van der Waals surface area contributed by atoms with Crippen LogP contribution in [0.3, 0.4) is 0 Å². The van der Waals surface area contributed by atoms with E-state index in [4.69, 9.17) is 0 Å². The Labute approximate surface area is 97.9 Å². The van der Waals surface area contributed by atoms with Crippen molar-refractivity contribution in [2.24, 2.45) is 23.7 Å². The van der Waals surface area contributed by atoms with Crippen LogP contribution >= 0.6 is 0 Å². The van der Waals surface area contributed by atoms with Crippen molar-refractivity contribution in [1.82, 2.24) is 0 Å². The number of carboxylic acids is 1. The lowest BCUT2D eigenvalue weighted by Gasteiger charge is -2.43. The van der Waals surface area contributed by atoms with Crippen molar-refractivity contribution >= 4 is 5.97 Å². The van der Waals surface area contributed by atoms with Gasteiger partial charge in [0.05, 0.1) is 0 Å². The molecule has 3 heteroatoms. The molecular weight excluding hydrogens is 204 g/mol. The van der Waals surface area contributed by atoms with Crippen molar-refractivity contribution in [3.63, 3.8) is 0 Å². The van der Waals surface area contributed by atoms with Crippen LogP contribution in [0.4, 0.5) is 0 Å². The topological polar surface area (TPSA) is 57.5 Å². The second-order valence-electron chi connectivity index (χ2n) is 5.79. The zero-order chi connectivity index (χ0) is 12.5. The van der Waals surface area contributed by atoms with Gasteiger partial charge >= 0.3 is 5.97 Å². The molecule has 0 amide bonds. The minimum Gasteiger partial charge on any atom is -0.479 e. The molecule has 94 valence electrons. The Morgan fingerprint density at radius 3 is 2.31 bits per heavy atom. The van der Waals surface area contributed by atoms with Crippen molar-refractivity contribution in [3.05, 3.63) is 0 Å². The normalized spacial score (nSPS) is 34.8. The molecule has 0 aliphatic heterocycles. The SMILES string of the molecule is CC1CCC(C)C(C(O)(C(=O)O)C(C)C)C1. The Morgan fingerprint density at radius 1 is 1.31 bits per heavy atom. The third-order valence-electron chi connectivity index (χ3n) is 4.25. The fraction of sp³-hybridized carbons (Fsp3) is 0.923. The Balaban J connectivity index is 2.97. The van der Waals surface area contributed by atoms with Crippen molar-refractivity contribution in [3.8, 4) is 0 Å². The predicted molar refractivity (Wildman–Crippen MR) is 63.1 cm³/mol. The number of rotatable bonds is 3. The first kappa shape index (κ1) is 13.5. The van der Waals surface area contributed by atoms with E-state index in [1.54, 1.807) is 13.8 Å². The van der Waals surface area contributed by atoms with Crippen LogP contribution in [0.15, 0.2) is 0 Å². The second-order valence-corrected chi connectivity index (χ2v) is 5.79. The Bertz CT molecular complexity index is 262. The van der Waals surface area contributed by atoms with Crippen LogP contribution in [-0.2, 0) is 4.79 Å². The first-order valence-corrected chi connectivity index (χ1v) is 6.25. The number of aliphatic hydroxyl groups is 1. The molecule has 0 aromatic heterocycles. The van der Waals surface area contributed by atoms with Crippen LogP contribution in [0.5, 0.6) is 0 Å². The van der Waals surface area contributed by atoms with E-state index >= 15 is 0 Å². The summed E-state index contributed by atoms with van der Waals surface area (Å²) in [5.41, 5.74) is -1.56. The summed E-state index contributed by atoms with van der Waals surface area (Å²) in [6.07, 6.45) is 2.99. The van der Waals surface area contributed by atoms with Gasteiger partial charge in [0.15, 0.2) is 5.60 Å². The van der Waals surface area contributed by atoms with Gasteiger partial charge in [0.2, 0.25) is 0 Å². The molecule has 1 rings (SSSR count). The highest BCUT2D eigenvalue weighted by Gasteiger charge is 2.50. The number of aliphatic carboxylic acids is 1. The summed E-state index contributed by atoms with van der Waals surface area (Å²) in [7, 11) is 0. The first-order chi connectivity index (χ1) is 7.30. The van der Waals surface area contributed by atoms with Crippen LogP contribution in [0, 0.1) is 23.7 Å². The van der Waals surface area contributed by atoms with E-state index in [0.29, 0.717) is 11.8 Å². The van der Waals surface area contributed by atoms with Crippen molar-refractivity contribution < 1.29 is 15.0 Å². The van der Waals surface area contributed by atoms with Gasteiger partial charge in [-0.05, 0) is 24.2 Å². The van der Waals surface area contributed by atoms with Gasteiger partial charge in [-0.2, -0.15) is 0 Å². The van der Waals surface area contributed by atoms with Gasteiger partial charge in [-0.25, -0.2) is 4.79 Å². The lowest BCUT2D eigenvalue weighted by molar-refractivity contribution is -0.178. The minimum absolute atomic E-state index is 0.117. The molecule has 0 heterocycles. The summed E-state index contributed by atoms with van der Waals surface area (Å²) < 4.78 is 0. The average Bonchev–Trinajstić information content (AvgIpc) is 2.19. The summed E-state index contributed by atoms with van der Waals surface area (Å²) in [5.74, 6) is -0.615. The van der Waals surface area contributed by atoms with Crippen LogP contribution in [0.25, 0.3) is 0 Å². The molecule has 1 aliphatic carbocycles. The second kappa shape index (κ2) is 4.74. The van der Waals surface area contributed by atoms with E-state index < -0.39 is 11.6 Å². The lowest BCUT2D eigenvalue weighted by atomic mass is 9.64. The summed E-state index contributed by atoms with van der Waals surface area (Å²) in [6.45, 7) is 7.79. The van der Waals surface area contributed by atoms with Crippen molar-refractivity contribution in [2.45, 2.75) is 52.6 Å². The largest absolute Gasteiger partial charge is 0.479 e. The summed E-state index contributed by atoms with van der Waals surface area (Å²) in [6, 6.07) is 0. The molecule has 1 saturated carbocycles. The van der Waals surface area contributed by atoms with Crippen molar-refractivity contribution in [1.29, 1.82) is 0 Å². The minimum atomic E-state index is -1.56. The van der Waals surface area contributed by atoms with Gasteiger partial charge in [-0.1, -0.05) is 40.5 Å². The van der Waals surface area contributed by atoms with E-state index in [1.807, 2.05) is 0 Å². The molecule has 4 unspecified atom stereocenters. The quantitative estimate of drug-likeness (QED) is 0.780. The van der Waals surface area contributed by atoms with Crippen LogP contribution in [-0.4, -0.2) is 21.8 Å². The molecule has 2 N–H and O–H groups in total. The maximum absolute atomic E-state index is 11.4. The highest BCUT2D eigenvalue weighted by atomic mass is 16.4. The van der Waals surface area contributed by atoms with E-state index in [0.717, 1.165) is 19.3 Å². The standard InChI is InChI=1S/C13H24O3/c1-8(2)13(16,12(14)15)11-7-9(3)5-6-10(11)4/h8-11,16H,5-7H2,1-4H3,(H,14,15). The Morgan fingerprint density at radius 2 is 1.88 bits per heavy atom. The zero-order valence-electron chi connectivity index (χ0n) is 10.7. The third kappa shape index (κ3) is 2.24. The molecule has 0 aromatic carbocycles. The molecule has 0 radical (unpaired) electrons. The molecule has 1 fully saturated rings. The van der Waals surface area contributed by atoms with Crippen LogP contribution in [0.2, 0.25) is 0 Å². The van der Waals surface area contributed by atoms with Gasteiger partial charge in [0, 0.05) is 5.92 Å². The molecule has 0 saturated heterocycles. The first-order valence-electron chi connectivity index (χ1n) is 6.25. The van der Waals surface area contributed by atoms with E-state index in [1.165, 1.54) is 0 Å². The van der Waals surface area contributed by atoms with Gasteiger partial charge in [0.25, 0.3) is 0 Å². The van der Waals surface area contributed by atoms with Gasteiger partial charge < -0.3 is 10.2 Å². The summed E-state index contributed by atoms with van der Waals surface area (Å²) in [4.78, 5) is 11.4. The van der Waals surface area contributed by atoms with Gasteiger partial charge in [-0.3, -0.25) is 0 Å². The van der Waals surface area contributed by atoms with E-state index in [2.05, 4.69) is 13.8 Å². The number of carboxylic acid groups (broad SMARTS) is 1. The Hall–Kier alpha value is -0.570. The molecular formula is C13H24O3. The Kier molecular flexibility index (Phi) is 4.00. The van der Waals surface area contributed by atoms with Gasteiger partial charge in [0.1, 0.15) is 0 Å². The van der Waals surface area contributed by atoms with Gasteiger partial charge in [-0.15, -0.1) is 0 Å². The van der Waals surface area contributed by atoms with Crippen molar-refractivity contribution in [2.75, 3.05) is 0 Å². The molecule has 3 nitrogen and oxygen atoms in total. The highest BCUT2D eigenvalue weighted by molar-refractivity contribution is 5.78. The maximum atomic E-state index is 11.4. The van der Waals surface area contributed by atoms with E-state index in [-0.39, 0.29) is 11.8 Å². The number of hydrogen-bond acceptors (Lipinski definition) is 2. The fourth-order valence-corrected chi connectivity index (χ4v) is 2.98. The molecule has 16 heavy (non-hydrogen) atoms. The predicted octanol–water partition coefficient (Wildman–Crippen LogP) is 2.53. The zero-order valence-corrected chi connectivity index (χ0v) is 10.7. The molecule has 0 aromatic rings. The molecule has 4 atom stereocenters. The summed E-state index contributed by atoms with van der Waals surface area (Å²) in [5, 5.41) is 19.8.